The van der Waals surface area contributed by atoms with Crippen molar-refractivity contribution in [1.29, 1.82) is 5.26 Å². The van der Waals surface area contributed by atoms with Gasteiger partial charge in [0.1, 0.15) is 10.9 Å². The number of nitriles is 1. The Balaban J connectivity index is 2.05. The molecule has 1 saturated heterocycles. The maximum absolute atomic E-state index is 8.92. The Morgan fingerprint density at radius 2 is 2.50 bits per heavy atom. The summed E-state index contributed by atoms with van der Waals surface area (Å²) in [5, 5.41) is 13.5. The Hall–Kier alpha value is -0.830. The van der Waals surface area contributed by atoms with Crippen molar-refractivity contribution < 1.29 is 0 Å². The van der Waals surface area contributed by atoms with E-state index in [1.807, 2.05) is 0 Å². The van der Waals surface area contributed by atoms with Crippen LogP contribution in [0.5, 0.6) is 0 Å². The Bertz CT molecular complexity index is 434. The van der Waals surface area contributed by atoms with Gasteiger partial charge in [0.15, 0.2) is 10.3 Å². The molecule has 18 heavy (non-hydrogen) atoms. The average Bonchev–Trinajstić information content (AvgIpc) is 2.78. The predicted octanol–water partition coefficient (Wildman–Crippen LogP) is 2.49. The van der Waals surface area contributed by atoms with E-state index in [1.54, 1.807) is 0 Å². The van der Waals surface area contributed by atoms with E-state index in [0.717, 1.165) is 31.3 Å². The summed E-state index contributed by atoms with van der Waals surface area (Å²) in [5.74, 6) is 0.659. The first-order chi connectivity index (χ1) is 8.74. The molecule has 1 fully saturated rings. The first-order valence-corrected chi connectivity index (χ1v) is 7.46. The highest BCUT2D eigenvalue weighted by atomic mass is 35.5. The van der Waals surface area contributed by atoms with Crippen LogP contribution in [0.25, 0.3) is 0 Å². The summed E-state index contributed by atoms with van der Waals surface area (Å²) in [5.41, 5.74) is 0. The maximum atomic E-state index is 8.92. The molecule has 0 spiro atoms. The van der Waals surface area contributed by atoms with Crippen molar-refractivity contribution in [1.82, 2.24) is 10.3 Å². The molecule has 98 valence electrons. The number of nitrogens with zero attached hydrogens (tertiary/aromatic N) is 3. The number of piperidine rings is 1. The van der Waals surface area contributed by atoms with Gasteiger partial charge in [-0.1, -0.05) is 22.9 Å². The molecule has 1 unspecified atom stereocenters. The van der Waals surface area contributed by atoms with E-state index in [1.165, 1.54) is 24.2 Å². The second-order valence-electron chi connectivity index (χ2n) is 4.48. The standard InChI is InChI=1S/C12H17ClN4S/c1-2-17(8-9-4-3-5-15-7-9)12-16-11(13)10(6-14)18-12/h9,15H,2-5,7-8H2,1H3. The average molecular weight is 285 g/mol. The predicted molar refractivity (Wildman–Crippen MR) is 75.3 cm³/mol. The number of thiazole rings is 1. The van der Waals surface area contributed by atoms with Crippen molar-refractivity contribution in [3.05, 3.63) is 10.0 Å². The minimum atomic E-state index is 0.331. The van der Waals surface area contributed by atoms with E-state index in [0.29, 0.717) is 15.9 Å². The number of nitrogens with one attached hydrogen (secondary N) is 1. The SMILES string of the molecule is CCN(CC1CCCNC1)c1nc(Cl)c(C#N)s1. The van der Waals surface area contributed by atoms with E-state index in [4.69, 9.17) is 16.9 Å². The Morgan fingerprint density at radius 3 is 3.06 bits per heavy atom. The number of aromatic nitrogens is 1. The van der Waals surface area contributed by atoms with Crippen LogP contribution in [0.15, 0.2) is 0 Å². The van der Waals surface area contributed by atoms with Crippen molar-refractivity contribution in [3.8, 4) is 6.07 Å². The molecular formula is C12H17ClN4S. The zero-order valence-electron chi connectivity index (χ0n) is 10.4. The van der Waals surface area contributed by atoms with E-state index in [-0.39, 0.29) is 0 Å². The third-order valence-electron chi connectivity index (χ3n) is 3.21. The fraction of sp³-hybridized carbons (Fsp3) is 0.667. The van der Waals surface area contributed by atoms with Gasteiger partial charge in [0.2, 0.25) is 0 Å². The van der Waals surface area contributed by atoms with Crippen LogP contribution in [0.3, 0.4) is 0 Å². The molecule has 1 aromatic rings. The van der Waals surface area contributed by atoms with Crippen LogP contribution in [0.1, 0.15) is 24.6 Å². The lowest BCUT2D eigenvalue weighted by atomic mass is 9.99. The lowest BCUT2D eigenvalue weighted by molar-refractivity contribution is 0.378. The second kappa shape index (κ2) is 6.37. The Morgan fingerprint density at radius 1 is 1.67 bits per heavy atom. The molecule has 6 heteroatoms. The molecule has 1 atom stereocenters. The molecule has 1 N–H and O–H groups in total. The molecule has 0 aromatic carbocycles. The van der Waals surface area contributed by atoms with Crippen LogP contribution >= 0.6 is 22.9 Å². The van der Waals surface area contributed by atoms with E-state index in [2.05, 4.69) is 28.2 Å². The van der Waals surface area contributed by atoms with Gasteiger partial charge in [0.05, 0.1) is 0 Å². The van der Waals surface area contributed by atoms with E-state index >= 15 is 0 Å². The zero-order chi connectivity index (χ0) is 13.0. The Labute approximate surface area is 117 Å². The first kappa shape index (κ1) is 13.6. The number of hydrogen-bond acceptors (Lipinski definition) is 5. The van der Waals surface area contributed by atoms with Gasteiger partial charge in [-0.05, 0) is 38.8 Å². The summed E-state index contributed by atoms with van der Waals surface area (Å²) in [6.07, 6.45) is 2.50. The van der Waals surface area contributed by atoms with Gasteiger partial charge >= 0.3 is 0 Å². The molecule has 0 aliphatic carbocycles. The zero-order valence-corrected chi connectivity index (χ0v) is 12.0. The minimum Gasteiger partial charge on any atom is -0.348 e. The molecule has 2 heterocycles. The number of rotatable bonds is 4. The van der Waals surface area contributed by atoms with Gasteiger partial charge < -0.3 is 10.2 Å². The van der Waals surface area contributed by atoms with Crippen LogP contribution in [0.2, 0.25) is 5.15 Å². The summed E-state index contributed by atoms with van der Waals surface area (Å²) >= 11 is 7.31. The Kier molecular flexibility index (Phi) is 4.81. The summed E-state index contributed by atoms with van der Waals surface area (Å²) in [6, 6.07) is 2.08. The molecular weight excluding hydrogens is 268 g/mol. The van der Waals surface area contributed by atoms with Crippen LogP contribution < -0.4 is 10.2 Å². The molecule has 0 bridgehead atoms. The molecule has 0 amide bonds. The smallest absolute Gasteiger partial charge is 0.188 e. The largest absolute Gasteiger partial charge is 0.348 e. The molecule has 1 aromatic heterocycles. The third kappa shape index (κ3) is 3.14. The summed E-state index contributed by atoms with van der Waals surface area (Å²) in [6.45, 7) is 6.19. The number of anilines is 1. The van der Waals surface area contributed by atoms with Crippen LogP contribution in [0.4, 0.5) is 5.13 Å². The lowest BCUT2D eigenvalue weighted by Crippen LogP contribution is -2.38. The third-order valence-corrected chi connectivity index (χ3v) is 4.61. The highest BCUT2D eigenvalue weighted by Gasteiger charge is 2.19. The van der Waals surface area contributed by atoms with Gasteiger partial charge in [-0.2, -0.15) is 5.26 Å². The number of hydrogen-bond donors (Lipinski definition) is 1. The summed E-state index contributed by atoms with van der Waals surface area (Å²) in [4.78, 5) is 7.01. The van der Waals surface area contributed by atoms with Gasteiger partial charge in [-0.25, -0.2) is 4.98 Å². The van der Waals surface area contributed by atoms with Crippen LogP contribution in [-0.4, -0.2) is 31.2 Å². The van der Waals surface area contributed by atoms with E-state index < -0.39 is 0 Å². The van der Waals surface area contributed by atoms with Crippen LogP contribution in [-0.2, 0) is 0 Å². The first-order valence-electron chi connectivity index (χ1n) is 6.26. The fourth-order valence-corrected chi connectivity index (χ4v) is 3.35. The monoisotopic (exact) mass is 284 g/mol. The van der Waals surface area contributed by atoms with Crippen molar-refractivity contribution in [2.45, 2.75) is 19.8 Å². The van der Waals surface area contributed by atoms with Crippen molar-refractivity contribution in [2.75, 3.05) is 31.1 Å². The number of halogens is 1. The lowest BCUT2D eigenvalue weighted by Gasteiger charge is -2.29. The molecule has 1 aliphatic heterocycles. The van der Waals surface area contributed by atoms with Gasteiger partial charge in [-0.3, -0.25) is 0 Å². The summed E-state index contributed by atoms with van der Waals surface area (Å²) < 4.78 is 0. The highest BCUT2D eigenvalue weighted by Crippen LogP contribution is 2.29. The molecule has 4 nitrogen and oxygen atoms in total. The molecule has 2 rings (SSSR count). The highest BCUT2D eigenvalue weighted by molar-refractivity contribution is 7.16. The molecule has 0 radical (unpaired) electrons. The minimum absolute atomic E-state index is 0.331. The quantitative estimate of drug-likeness (QED) is 0.923. The maximum Gasteiger partial charge on any atom is 0.188 e. The van der Waals surface area contributed by atoms with Crippen molar-refractivity contribution in [2.24, 2.45) is 5.92 Å². The van der Waals surface area contributed by atoms with Crippen LogP contribution in [0, 0.1) is 17.2 Å². The molecule has 0 saturated carbocycles. The topological polar surface area (TPSA) is 52.0 Å². The normalized spacial score (nSPS) is 19.5. The van der Waals surface area contributed by atoms with Crippen molar-refractivity contribution in [3.63, 3.8) is 0 Å². The second-order valence-corrected chi connectivity index (χ2v) is 5.81. The fourth-order valence-electron chi connectivity index (χ4n) is 2.23. The van der Waals surface area contributed by atoms with Crippen molar-refractivity contribution >= 4 is 28.1 Å². The molecule has 1 aliphatic rings. The van der Waals surface area contributed by atoms with Gasteiger partial charge in [0.25, 0.3) is 0 Å². The van der Waals surface area contributed by atoms with Gasteiger partial charge in [0, 0.05) is 13.1 Å². The summed E-state index contributed by atoms with van der Waals surface area (Å²) in [7, 11) is 0. The van der Waals surface area contributed by atoms with Gasteiger partial charge in [-0.15, -0.1) is 0 Å². The van der Waals surface area contributed by atoms with E-state index in [9.17, 15) is 0 Å².